The summed E-state index contributed by atoms with van der Waals surface area (Å²) < 4.78 is 33.5. The molecule has 3 aromatic rings. The smallest absolute Gasteiger partial charge is 0.242 e. The molecule has 0 atom stereocenters. The Labute approximate surface area is 169 Å². The second-order valence-electron chi connectivity index (χ2n) is 7.01. The Morgan fingerprint density at radius 1 is 1.18 bits per heavy atom. The highest BCUT2D eigenvalue weighted by Gasteiger charge is 2.19. The van der Waals surface area contributed by atoms with Crippen LogP contribution in [0, 0.1) is 5.92 Å². The summed E-state index contributed by atoms with van der Waals surface area (Å²) in [6.07, 6.45) is 1.62. The highest BCUT2D eigenvalue weighted by molar-refractivity contribution is 7.98. The summed E-state index contributed by atoms with van der Waals surface area (Å²) in [5.41, 5.74) is 0.909. The average Bonchev–Trinajstić information content (AvgIpc) is 3.29. The first-order chi connectivity index (χ1) is 13.3. The molecule has 0 radical (unpaired) electrons. The maximum atomic E-state index is 12.4. The summed E-state index contributed by atoms with van der Waals surface area (Å²) in [5, 5.41) is 9.41. The van der Waals surface area contributed by atoms with Gasteiger partial charge in [-0.2, -0.15) is 0 Å². The van der Waals surface area contributed by atoms with Crippen molar-refractivity contribution in [3.63, 3.8) is 0 Å². The van der Waals surface area contributed by atoms with E-state index < -0.39 is 10.0 Å². The maximum Gasteiger partial charge on any atom is 0.242 e. The first-order valence-corrected chi connectivity index (χ1v) is 11.3. The third-order valence-corrected chi connectivity index (χ3v) is 6.90. The minimum absolute atomic E-state index is 0.288. The van der Waals surface area contributed by atoms with Crippen LogP contribution < -0.4 is 0 Å². The number of aromatic nitrogens is 3. The first-order valence-electron chi connectivity index (χ1n) is 8.90. The molecule has 0 aliphatic rings. The van der Waals surface area contributed by atoms with Crippen molar-refractivity contribution in [1.82, 2.24) is 19.1 Å². The van der Waals surface area contributed by atoms with Gasteiger partial charge in [0.1, 0.15) is 0 Å². The number of nitrogens with zero attached hydrogens (tertiary/aromatic N) is 4. The van der Waals surface area contributed by atoms with Crippen LogP contribution >= 0.6 is 11.8 Å². The van der Waals surface area contributed by atoms with Crippen LogP contribution in [0.1, 0.15) is 19.4 Å². The Balaban J connectivity index is 1.84. The molecule has 0 spiro atoms. The van der Waals surface area contributed by atoms with E-state index in [1.807, 2.05) is 18.2 Å². The summed E-state index contributed by atoms with van der Waals surface area (Å²) in [6.45, 7) is 5.03. The molecule has 150 valence electrons. The largest absolute Gasteiger partial charge is 0.461 e. The Morgan fingerprint density at radius 2 is 1.96 bits per heavy atom. The van der Waals surface area contributed by atoms with E-state index in [0.717, 1.165) is 17.3 Å². The summed E-state index contributed by atoms with van der Waals surface area (Å²) in [7, 11) is -0.395. The standard InChI is InChI=1S/C19H24N4O3S2/c1-14(2)12-23-18(17-9-6-10-26-17)20-21-19(23)27-13-15-7-5-8-16(11-15)28(24,25)22(3)4/h5-11,14H,12-13H2,1-4H3. The van der Waals surface area contributed by atoms with Crippen molar-refractivity contribution in [3.8, 4) is 11.6 Å². The third-order valence-electron chi connectivity index (χ3n) is 4.05. The van der Waals surface area contributed by atoms with Crippen LogP contribution in [0.25, 0.3) is 11.6 Å². The lowest BCUT2D eigenvalue weighted by atomic mass is 10.2. The number of rotatable bonds is 8. The number of hydrogen-bond acceptors (Lipinski definition) is 6. The fraction of sp³-hybridized carbons (Fsp3) is 0.368. The predicted molar refractivity (Wildman–Crippen MR) is 109 cm³/mol. The molecule has 28 heavy (non-hydrogen) atoms. The number of furan rings is 1. The van der Waals surface area contributed by atoms with Crippen molar-refractivity contribution >= 4 is 21.8 Å². The fourth-order valence-corrected chi connectivity index (χ4v) is 4.53. The molecule has 3 rings (SSSR count). The minimum Gasteiger partial charge on any atom is -0.461 e. The monoisotopic (exact) mass is 420 g/mol. The van der Waals surface area contributed by atoms with Crippen molar-refractivity contribution in [2.75, 3.05) is 14.1 Å². The van der Waals surface area contributed by atoms with Gasteiger partial charge in [0.05, 0.1) is 11.2 Å². The lowest BCUT2D eigenvalue weighted by Gasteiger charge is -2.13. The summed E-state index contributed by atoms with van der Waals surface area (Å²) in [5.74, 6) is 2.38. The van der Waals surface area contributed by atoms with Crippen LogP contribution in [0.4, 0.5) is 0 Å². The molecule has 0 bridgehead atoms. The summed E-state index contributed by atoms with van der Waals surface area (Å²) >= 11 is 1.53. The number of thioether (sulfide) groups is 1. The molecular weight excluding hydrogens is 396 g/mol. The topological polar surface area (TPSA) is 81.2 Å². The zero-order valence-electron chi connectivity index (χ0n) is 16.4. The zero-order valence-corrected chi connectivity index (χ0v) is 18.0. The molecule has 0 saturated carbocycles. The molecule has 0 N–H and O–H groups in total. The molecule has 2 aromatic heterocycles. The van der Waals surface area contributed by atoms with Crippen molar-refractivity contribution < 1.29 is 12.8 Å². The highest BCUT2D eigenvalue weighted by Crippen LogP contribution is 2.28. The average molecular weight is 421 g/mol. The van der Waals surface area contributed by atoms with Crippen molar-refractivity contribution in [2.24, 2.45) is 5.92 Å². The molecule has 0 saturated heterocycles. The quantitative estimate of drug-likeness (QED) is 0.517. The van der Waals surface area contributed by atoms with E-state index >= 15 is 0 Å². The minimum atomic E-state index is -3.45. The van der Waals surface area contributed by atoms with E-state index in [9.17, 15) is 8.42 Å². The van der Waals surface area contributed by atoms with Gasteiger partial charge in [0, 0.05) is 26.4 Å². The van der Waals surface area contributed by atoms with Gasteiger partial charge in [-0.3, -0.25) is 4.57 Å². The van der Waals surface area contributed by atoms with Gasteiger partial charge < -0.3 is 4.42 Å². The van der Waals surface area contributed by atoms with Crippen molar-refractivity contribution in [3.05, 3.63) is 48.2 Å². The molecule has 2 heterocycles. The van der Waals surface area contributed by atoms with Gasteiger partial charge in [-0.1, -0.05) is 37.7 Å². The molecule has 0 aliphatic carbocycles. The number of sulfonamides is 1. The lowest BCUT2D eigenvalue weighted by molar-refractivity contribution is 0.489. The summed E-state index contributed by atoms with van der Waals surface area (Å²) in [6, 6.07) is 10.7. The Kier molecular flexibility index (Phi) is 6.26. The van der Waals surface area contributed by atoms with Gasteiger partial charge in [0.15, 0.2) is 16.7 Å². The lowest BCUT2D eigenvalue weighted by Crippen LogP contribution is -2.22. The molecule has 0 aliphatic heterocycles. The second-order valence-corrected chi connectivity index (χ2v) is 10.1. The third kappa shape index (κ3) is 4.48. The van der Waals surface area contributed by atoms with Crippen LogP contribution in [0.5, 0.6) is 0 Å². The van der Waals surface area contributed by atoms with Gasteiger partial charge >= 0.3 is 0 Å². The van der Waals surface area contributed by atoms with E-state index in [4.69, 9.17) is 4.42 Å². The Hall–Kier alpha value is -2.10. The molecular formula is C19H24N4O3S2. The molecule has 7 nitrogen and oxygen atoms in total. The van der Waals surface area contributed by atoms with Crippen LogP contribution in [0.3, 0.4) is 0 Å². The molecule has 1 aromatic carbocycles. The molecule has 0 unspecified atom stereocenters. The number of benzene rings is 1. The predicted octanol–water partition coefficient (Wildman–Crippen LogP) is 3.74. The van der Waals surface area contributed by atoms with E-state index in [-0.39, 0.29) is 4.90 Å². The van der Waals surface area contributed by atoms with Gasteiger partial charge in [-0.05, 0) is 35.7 Å². The van der Waals surface area contributed by atoms with Gasteiger partial charge in [-0.15, -0.1) is 10.2 Å². The molecule has 0 amide bonds. The second kappa shape index (κ2) is 8.50. The SMILES string of the molecule is CC(C)Cn1c(SCc2cccc(S(=O)(=O)N(C)C)c2)nnc1-c1ccco1. The Bertz CT molecular complexity index is 1030. The normalized spacial score (nSPS) is 12.2. The fourth-order valence-electron chi connectivity index (χ4n) is 2.67. The summed E-state index contributed by atoms with van der Waals surface area (Å²) in [4.78, 5) is 0.288. The van der Waals surface area contributed by atoms with Gasteiger partial charge in [-0.25, -0.2) is 12.7 Å². The first kappa shape index (κ1) is 20.6. The van der Waals surface area contributed by atoms with E-state index in [1.165, 1.54) is 30.2 Å². The van der Waals surface area contributed by atoms with Crippen LogP contribution in [-0.2, 0) is 22.3 Å². The number of hydrogen-bond donors (Lipinski definition) is 0. The molecule has 0 fully saturated rings. The van der Waals surface area contributed by atoms with Gasteiger partial charge in [0.25, 0.3) is 0 Å². The van der Waals surface area contributed by atoms with E-state index in [0.29, 0.717) is 23.3 Å². The van der Waals surface area contributed by atoms with Crippen LogP contribution in [0.15, 0.2) is 57.1 Å². The zero-order chi connectivity index (χ0) is 20.3. The van der Waals surface area contributed by atoms with Crippen LogP contribution in [0.2, 0.25) is 0 Å². The van der Waals surface area contributed by atoms with E-state index in [1.54, 1.807) is 24.5 Å². The maximum absolute atomic E-state index is 12.4. The van der Waals surface area contributed by atoms with Crippen molar-refractivity contribution in [1.29, 1.82) is 0 Å². The van der Waals surface area contributed by atoms with Crippen molar-refractivity contribution in [2.45, 2.75) is 36.2 Å². The van der Waals surface area contributed by atoms with Crippen LogP contribution in [-0.4, -0.2) is 41.6 Å². The highest BCUT2D eigenvalue weighted by atomic mass is 32.2. The molecule has 9 heteroatoms. The Morgan fingerprint density at radius 3 is 2.61 bits per heavy atom. The van der Waals surface area contributed by atoms with Gasteiger partial charge in [0.2, 0.25) is 10.0 Å². The van der Waals surface area contributed by atoms with E-state index in [2.05, 4.69) is 28.6 Å².